The molecule has 7 nitrogen and oxygen atoms in total. The van der Waals surface area contributed by atoms with Gasteiger partial charge in [0.25, 0.3) is 11.8 Å². The van der Waals surface area contributed by atoms with Crippen LogP contribution in [0.2, 0.25) is 0 Å². The van der Waals surface area contributed by atoms with Gasteiger partial charge in [0.05, 0.1) is 7.11 Å². The average molecular weight is 421 g/mol. The number of carbonyl (C=O) groups excluding carboxylic acids is 2. The van der Waals surface area contributed by atoms with Gasteiger partial charge in [-0.15, -0.1) is 0 Å². The Hall–Kier alpha value is -3.79. The van der Waals surface area contributed by atoms with E-state index in [-0.39, 0.29) is 18.1 Å². The molecule has 0 heterocycles. The molecule has 2 amide bonds. The van der Waals surface area contributed by atoms with E-state index in [1.807, 2.05) is 45.9 Å². The molecule has 0 fully saturated rings. The highest BCUT2D eigenvalue weighted by Gasteiger charge is 2.14. The van der Waals surface area contributed by atoms with Gasteiger partial charge < -0.3 is 20.1 Å². The predicted octanol–water partition coefficient (Wildman–Crippen LogP) is 3.68. The molecule has 2 rings (SSSR count). The summed E-state index contributed by atoms with van der Waals surface area (Å²) in [4.78, 5) is 24.3. The van der Waals surface area contributed by atoms with Crippen molar-refractivity contribution in [1.29, 1.82) is 5.26 Å². The minimum absolute atomic E-state index is 0.0441. The maximum atomic E-state index is 12.7. The Morgan fingerprint density at radius 3 is 2.35 bits per heavy atom. The number of carbonyl (C=O) groups is 2. The summed E-state index contributed by atoms with van der Waals surface area (Å²) in [6, 6.07) is 10.9. The fraction of sp³-hybridized carbons (Fsp3) is 0.292. The van der Waals surface area contributed by atoms with Crippen LogP contribution in [0.15, 0.2) is 35.9 Å². The highest BCUT2D eigenvalue weighted by Crippen LogP contribution is 2.29. The standard InChI is InChI=1S/C24H27N3O4/c1-6-26-22(28)14-31-20-8-7-18(12-21(20)30-5)11-19(13-25)24(29)27-23-16(3)9-15(2)10-17(23)4/h7-12H,6,14H2,1-5H3,(H,26,28)(H,27,29)/b19-11+. The monoisotopic (exact) mass is 421 g/mol. The minimum atomic E-state index is -0.493. The van der Waals surface area contributed by atoms with E-state index in [0.717, 1.165) is 16.7 Å². The van der Waals surface area contributed by atoms with Crippen molar-refractivity contribution in [2.45, 2.75) is 27.7 Å². The van der Waals surface area contributed by atoms with Crippen LogP contribution in [0.5, 0.6) is 11.5 Å². The highest BCUT2D eigenvalue weighted by molar-refractivity contribution is 6.10. The van der Waals surface area contributed by atoms with E-state index < -0.39 is 5.91 Å². The highest BCUT2D eigenvalue weighted by atomic mass is 16.5. The fourth-order valence-corrected chi connectivity index (χ4v) is 3.16. The van der Waals surface area contributed by atoms with Crippen LogP contribution in [0.4, 0.5) is 5.69 Å². The van der Waals surface area contributed by atoms with Crippen LogP contribution < -0.4 is 20.1 Å². The molecular weight excluding hydrogens is 394 g/mol. The summed E-state index contributed by atoms with van der Waals surface area (Å²) in [6.07, 6.45) is 1.48. The Kier molecular flexibility index (Phi) is 8.21. The summed E-state index contributed by atoms with van der Waals surface area (Å²) in [5.41, 5.74) is 4.20. The van der Waals surface area contributed by atoms with Crippen LogP contribution in [-0.2, 0) is 9.59 Å². The molecule has 0 atom stereocenters. The van der Waals surface area contributed by atoms with Crippen LogP contribution in [-0.4, -0.2) is 32.1 Å². The van der Waals surface area contributed by atoms with Crippen LogP contribution in [0.1, 0.15) is 29.2 Å². The molecule has 31 heavy (non-hydrogen) atoms. The van der Waals surface area contributed by atoms with Crippen molar-refractivity contribution in [3.63, 3.8) is 0 Å². The Labute approximate surface area is 182 Å². The number of likely N-dealkylation sites (N-methyl/N-ethyl adjacent to an activating group) is 1. The quantitative estimate of drug-likeness (QED) is 0.500. The second kappa shape index (κ2) is 10.8. The normalized spacial score (nSPS) is 10.8. The second-order valence-corrected chi connectivity index (χ2v) is 7.05. The van der Waals surface area contributed by atoms with E-state index in [4.69, 9.17) is 9.47 Å². The number of anilines is 1. The van der Waals surface area contributed by atoms with Gasteiger partial charge in [0.2, 0.25) is 0 Å². The molecular formula is C24H27N3O4. The van der Waals surface area contributed by atoms with Gasteiger partial charge in [-0.3, -0.25) is 9.59 Å². The van der Waals surface area contributed by atoms with E-state index in [1.165, 1.54) is 13.2 Å². The number of rotatable bonds is 8. The van der Waals surface area contributed by atoms with Crippen LogP contribution >= 0.6 is 0 Å². The van der Waals surface area contributed by atoms with Gasteiger partial charge in [-0.2, -0.15) is 5.26 Å². The molecule has 0 radical (unpaired) electrons. The summed E-state index contributed by atoms with van der Waals surface area (Å²) in [5.74, 6) is 0.0486. The van der Waals surface area contributed by atoms with Crippen molar-refractivity contribution in [1.82, 2.24) is 5.32 Å². The topological polar surface area (TPSA) is 100 Å². The molecule has 0 saturated heterocycles. The first-order chi connectivity index (χ1) is 14.8. The molecule has 2 aromatic carbocycles. The number of methoxy groups -OCH3 is 1. The third-order valence-corrected chi connectivity index (χ3v) is 4.51. The van der Waals surface area contributed by atoms with Gasteiger partial charge in [0.1, 0.15) is 11.6 Å². The van der Waals surface area contributed by atoms with Gasteiger partial charge in [0.15, 0.2) is 18.1 Å². The van der Waals surface area contributed by atoms with Crippen molar-refractivity contribution in [2.75, 3.05) is 25.6 Å². The van der Waals surface area contributed by atoms with Gasteiger partial charge in [-0.1, -0.05) is 23.8 Å². The van der Waals surface area contributed by atoms with Crippen molar-refractivity contribution >= 4 is 23.6 Å². The lowest BCUT2D eigenvalue weighted by Gasteiger charge is -2.13. The molecule has 7 heteroatoms. The molecule has 162 valence electrons. The van der Waals surface area contributed by atoms with Crippen molar-refractivity contribution in [3.8, 4) is 17.6 Å². The first-order valence-electron chi connectivity index (χ1n) is 9.87. The number of amides is 2. The van der Waals surface area contributed by atoms with Crippen LogP contribution in [0.25, 0.3) is 6.08 Å². The Balaban J connectivity index is 2.23. The van der Waals surface area contributed by atoms with Gasteiger partial charge in [0, 0.05) is 12.2 Å². The number of hydrogen-bond donors (Lipinski definition) is 2. The molecule has 0 aromatic heterocycles. The zero-order valence-electron chi connectivity index (χ0n) is 18.5. The maximum absolute atomic E-state index is 12.7. The molecule has 0 unspecified atom stereocenters. The van der Waals surface area contributed by atoms with Crippen LogP contribution in [0.3, 0.4) is 0 Å². The lowest BCUT2D eigenvalue weighted by molar-refractivity contribution is -0.123. The molecule has 0 saturated carbocycles. The number of hydrogen-bond acceptors (Lipinski definition) is 5. The Morgan fingerprint density at radius 1 is 1.10 bits per heavy atom. The van der Waals surface area contributed by atoms with Crippen molar-refractivity contribution in [2.24, 2.45) is 0 Å². The summed E-state index contributed by atoms with van der Waals surface area (Å²) >= 11 is 0. The van der Waals surface area contributed by atoms with Gasteiger partial charge in [-0.25, -0.2) is 0 Å². The smallest absolute Gasteiger partial charge is 0.266 e. The Bertz CT molecular complexity index is 1030. The Morgan fingerprint density at radius 2 is 1.77 bits per heavy atom. The SMILES string of the molecule is CCNC(=O)COc1ccc(/C=C(\C#N)C(=O)Nc2c(C)cc(C)cc2C)cc1OC. The molecule has 2 aromatic rings. The van der Waals surface area contributed by atoms with E-state index >= 15 is 0 Å². The predicted molar refractivity (Wildman–Crippen MR) is 120 cm³/mol. The van der Waals surface area contributed by atoms with Crippen molar-refractivity contribution < 1.29 is 19.1 Å². The number of ether oxygens (including phenoxy) is 2. The molecule has 2 N–H and O–H groups in total. The van der Waals surface area contributed by atoms with E-state index in [2.05, 4.69) is 10.6 Å². The third kappa shape index (κ3) is 6.34. The number of benzene rings is 2. The number of aryl methyl sites for hydroxylation is 3. The maximum Gasteiger partial charge on any atom is 0.266 e. The zero-order valence-corrected chi connectivity index (χ0v) is 18.5. The van der Waals surface area contributed by atoms with E-state index in [0.29, 0.717) is 29.3 Å². The molecule has 0 aliphatic carbocycles. The van der Waals surface area contributed by atoms with Crippen molar-refractivity contribution in [3.05, 3.63) is 58.2 Å². The fourth-order valence-electron chi connectivity index (χ4n) is 3.16. The number of nitrogens with one attached hydrogen (secondary N) is 2. The largest absolute Gasteiger partial charge is 0.493 e. The summed E-state index contributed by atoms with van der Waals surface area (Å²) in [7, 11) is 1.47. The number of nitrogens with zero attached hydrogens (tertiary/aromatic N) is 1. The van der Waals surface area contributed by atoms with Crippen LogP contribution in [0, 0.1) is 32.1 Å². The van der Waals surface area contributed by atoms with E-state index in [9.17, 15) is 14.9 Å². The van der Waals surface area contributed by atoms with Gasteiger partial charge in [-0.05, 0) is 62.6 Å². The molecule has 0 spiro atoms. The summed E-state index contributed by atoms with van der Waals surface area (Å²) in [6.45, 7) is 8.02. The average Bonchev–Trinajstić information content (AvgIpc) is 2.73. The third-order valence-electron chi connectivity index (χ3n) is 4.51. The van der Waals surface area contributed by atoms with Gasteiger partial charge >= 0.3 is 0 Å². The first-order valence-corrected chi connectivity index (χ1v) is 9.87. The molecule has 0 aliphatic heterocycles. The lowest BCUT2D eigenvalue weighted by Crippen LogP contribution is -2.28. The van der Waals surface area contributed by atoms with E-state index in [1.54, 1.807) is 18.2 Å². The zero-order chi connectivity index (χ0) is 23.0. The lowest BCUT2D eigenvalue weighted by atomic mass is 10.0. The summed E-state index contributed by atoms with van der Waals surface area (Å²) < 4.78 is 10.8. The minimum Gasteiger partial charge on any atom is -0.493 e. The first kappa shape index (κ1) is 23.5. The molecule has 0 bridgehead atoms. The number of nitriles is 1. The summed E-state index contributed by atoms with van der Waals surface area (Å²) in [5, 5.41) is 15.0. The second-order valence-electron chi connectivity index (χ2n) is 7.05. The molecule has 0 aliphatic rings.